The van der Waals surface area contributed by atoms with Gasteiger partial charge in [0, 0.05) is 17.7 Å². The van der Waals surface area contributed by atoms with Crippen LogP contribution in [0.1, 0.15) is 29.3 Å². The van der Waals surface area contributed by atoms with Crippen LogP contribution in [0.2, 0.25) is 5.02 Å². The highest BCUT2D eigenvalue weighted by molar-refractivity contribution is 7.80. The van der Waals surface area contributed by atoms with Crippen molar-refractivity contribution < 1.29 is 14.3 Å². The molecule has 3 aromatic carbocycles. The van der Waals surface area contributed by atoms with Crippen LogP contribution in [0.15, 0.2) is 72.8 Å². The van der Waals surface area contributed by atoms with Crippen LogP contribution in [0.25, 0.3) is 0 Å². The molecule has 0 saturated heterocycles. The highest BCUT2D eigenvalue weighted by Gasteiger charge is 2.11. The summed E-state index contributed by atoms with van der Waals surface area (Å²) in [7, 11) is 0. The maximum atomic E-state index is 12.5. The highest BCUT2D eigenvalue weighted by Crippen LogP contribution is 2.25. The number of thiocarbonyl (C=S) groups is 1. The average Bonchev–Trinajstić information content (AvgIpc) is 2.80. The molecule has 0 aromatic heterocycles. The second-order valence-electron chi connectivity index (χ2n) is 6.80. The highest BCUT2D eigenvalue weighted by atomic mass is 35.5. The number of hydrogen-bond acceptors (Lipinski definition) is 4. The maximum absolute atomic E-state index is 12.5. The normalized spacial score (nSPS) is 10.2. The molecule has 0 aliphatic rings. The molecule has 3 rings (SSSR count). The summed E-state index contributed by atoms with van der Waals surface area (Å²) in [6.45, 7) is 2.20. The van der Waals surface area contributed by atoms with Gasteiger partial charge in [0.05, 0.1) is 10.7 Å². The number of hydrogen-bond donors (Lipinski definition) is 3. The predicted molar refractivity (Wildman–Crippen MR) is 131 cm³/mol. The van der Waals surface area contributed by atoms with E-state index in [0.29, 0.717) is 40.7 Å². The SMILES string of the molecule is CCC(=O)Nc1ccc(Cl)c(NC(=S)NC(=O)c2ccc(OCc3ccccc3)cc2)c1. The summed E-state index contributed by atoms with van der Waals surface area (Å²) in [5.74, 6) is 0.165. The van der Waals surface area contributed by atoms with Crippen LogP contribution < -0.4 is 20.7 Å². The summed E-state index contributed by atoms with van der Waals surface area (Å²) in [4.78, 5) is 24.1. The minimum Gasteiger partial charge on any atom is -0.489 e. The Kier molecular flexibility index (Phi) is 8.19. The Balaban J connectivity index is 1.55. The molecular formula is C24H22ClN3O3S. The standard InChI is InChI=1S/C24H22ClN3O3S/c1-2-22(29)26-18-10-13-20(25)21(14-18)27-24(32)28-23(30)17-8-11-19(12-9-17)31-15-16-6-4-3-5-7-16/h3-14H,2,15H2,1H3,(H,26,29)(H2,27,28,30,32). The molecule has 0 saturated carbocycles. The summed E-state index contributed by atoms with van der Waals surface area (Å²) in [6, 6.07) is 21.6. The maximum Gasteiger partial charge on any atom is 0.257 e. The summed E-state index contributed by atoms with van der Waals surface area (Å²) < 4.78 is 5.73. The second kappa shape index (κ2) is 11.3. The summed E-state index contributed by atoms with van der Waals surface area (Å²) in [5, 5.41) is 8.73. The number of benzene rings is 3. The molecule has 2 amide bonds. The van der Waals surface area contributed by atoms with E-state index >= 15 is 0 Å². The molecule has 164 valence electrons. The molecule has 0 unspecified atom stereocenters. The quantitative estimate of drug-likeness (QED) is 0.406. The first-order chi connectivity index (χ1) is 15.4. The lowest BCUT2D eigenvalue weighted by molar-refractivity contribution is -0.115. The van der Waals surface area contributed by atoms with E-state index in [1.165, 1.54) is 0 Å². The van der Waals surface area contributed by atoms with Crippen LogP contribution in [0.5, 0.6) is 5.75 Å². The first-order valence-corrected chi connectivity index (χ1v) is 10.7. The largest absolute Gasteiger partial charge is 0.489 e. The number of ether oxygens (including phenoxy) is 1. The monoisotopic (exact) mass is 467 g/mol. The van der Waals surface area contributed by atoms with Crippen molar-refractivity contribution in [2.45, 2.75) is 20.0 Å². The van der Waals surface area contributed by atoms with Gasteiger partial charge in [0.1, 0.15) is 12.4 Å². The van der Waals surface area contributed by atoms with Gasteiger partial charge >= 0.3 is 0 Å². The number of carbonyl (C=O) groups is 2. The average molecular weight is 468 g/mol. The Hall–Kier alpha value is -3.42. The van der Waals surface area contributed by atoms with E-state index in [4.69, 9.17) is 28.6 Å². The summed E-state index contributed by atoms with van der Waals surface area (Å²) >= 11 is 11.4. The first kappa shape index (κ1) is 23.2. The lowest BCUT2D eigenvalue weighted by Gasteiger charge is -2.13. The minimum atomic E-state index is -0.372. The fourth-order valence-electron chi connectivity index (χ4n) is 2.72. The van der Waals surface area contributed by atoms with Gasteiger partial charge in [-0.1, -0.05) is 48.9 Å². The minimum absolute atomic E-state index is 0.0836. The van der Waals surface area contributed by atoms with Crippen molar-refractivity contribution in [2.24, 2.45) is 0 Å². The third-order valence-corrected chi connectivity index (χ3v) is 4.95. The molecule has 0 spiro atoms. The van der Waals surface area contributed by atoms with Crippen LogP contribution in [-0.4, -0.2) is 16.9 Å². The van der Waals surface area contributed by atoms with Crippen LogP contribution in [0.4, 0.5) is 11.4 Å². The van der Waals surface area contributed by atoms with Crippen LogP contribution in [0.3, 0.4) is 0 Å². The Morgan fingerprint density at radius 3 is 2.38 bits per heavy atom. The summed E-state index contributed by atoms with van der Waals surface area (Å²) in [5.41, 5.74) is 2.53. The Bertz CT molecular complexity index is 1110. The van der Waals surface area contributed by atoms with E-state index in [2.05, 4.69) is 16.0 Å². The Morgan fingerprint density at radius 1 is 0.969 bits per heavy atom. The van der Waals surface area contributed by atoms with Crippen molar-refractivity contribution in [1.29, 1.82) is 0 Å². The Morgan fingerprint density at radius 2 is 1.69 bits per heavy atom. The van der Waals surface area contributed by atoms with Gasteiger partial charge in [-0.15, -0.1) is 0 Å². The van der Waals surface area contributed by atoms with Crippen molar-refractivity contribution in [3.05, 3.63) is 88.9 Å². The van der Waals surface area contributed by atoms with Gasteiger partial charge in [0.25, 0.3) is 5.91 Å². The molecule has 0 heterocycles. The molecule has 3 N–H and O–H groups in total. The molecule has 0 aliphatic heterocycles. The molecule has 8 heteroatoms. The first-order valence-electron chi connectivity index (χ1n) is 9.93. The second-order valence-corrected chi connectivity index (χ2v) is 7.62. The van der Waals surface area contributed by atoms with Gasteiger partial charge in [-0.3, -0.25) is 14.9 Å². The zero-order valence-corrected chi connectivity index (χ0v) is 18.9. The lowest BCUT2D eigenvalue weighted by atomic mass is 10.2. The van der Waals surface area contributed by atoms with Crippen molar-refractivity contribution in [3.63, 3.8) is 0 Å². The van der Waals surface area contributed by atoms with E-state index in [9.17, 15) is 9.59 Å². The van der Waals surface area contributed by atoms with E-state index in [0.717, 1.165) is 5.56 Å². The van der Waals surface area contributed by atoms with Crippen molar-refractivity contribution in [3.8, 4) is 5.75 Å². The number of rotatable bonds is 7. The smallest absolute Gasteiger partial charge is 0.257 e. The molecule has 3 aromatic rings. The number of nitrogens with one attached hydrogen (secondary N) is 3. The van der Waals surface area contributed by atoms with Crippen molar-refractivity contribution in [1.82, 2.24) is 5.32 Å². The van der Waals surface area contributed by atoms with Crippen LogP contribution in [-0.2, 0) is 11.4 Å². The Labute approximate surface area is 196 Å². The third kappa shape index (κ3) is 6.80. The number of halogens is 1. The number of anilines is 2. The molecular weight excluding hydrogens is 446 g/mol. The zero-order chi connectivity index (χ0) is 22.9. The molecule has 32 heavy (non-hydrogen) atoms. The van der Waals surface area contributed by atoms with E-state index in [-0.39, 0.29) is 16.9 Å². The van der Waals surface area contributed by atoms with Gasteiger partial charge in [0.2, 0.25) is 5.91 Å². The van der Waals surface area contributed by atoms with Crippen LogP contribution >= 0.6 is 23.8 Å². The molecule has 0 aliphatic carbocycles. The van der Waals surface area contributed by atoms with E-state index < -0.39 is 0 Å². The molecule has 0 radical (unpaired) electrons. The van der Waals surface area contributed by atoms with Gasteiger partial charge in [0.15, 0.2) is 5.11 Å². The molecule has 0 fully saturated rings. The molecule has 0 bridgehead atoms. The topological polar surface area (TPSA) is 79.5 Å². The van der Waals surface area contributed by atoms with Crippen molar-refractivity contribution >= 4 is 52.1 Å². The van der Waals surface area contributed by atoms with E-state index in [1.807, 2.05) is 30.3 Å². The fraction of sp³-hybridized carbons (Fsp3) is 0.125. The molecule has 0 atom stereocenters. The van der Waals surface area contributed by atoms with E-state index in [1.54, 1.807) is 49.4 Å². The van der Waals surface area contributed by atoms with Gasteiger partial charge in [-0.05, 0) is 60.2 Å². The zero-order valence-electron chi connectivity index (χ0n) is 17.4. The van der Waals surface area contributed by atoms with Gasteiger partial charge in [-0.25, -0.2) is 0 Å². The number of amides is 2. The summed E-state index contributed by atoms with van der Waals surface area (Å²) in [6.07, 6.45) is 0.357. The number of carbonyl (C=O) groups excluding carboxylic acids is 2. The van der Waals surface area contributed by atoms with Crippen LogP contribution in [0, 0.1) is 0 Å². The molecule has 6 nitrogen and oxygen atoms in total. The fourth-order valence-corrected chi connectivity index (χ4v) is 3.09. The predicted octanol–water partition coefficient (Wildman–Crippen LogP) is 5.39. The third-order valence-electron chi connectivity index (χ3n) is 4.41. The van der Waals surface area contributed by atoms with Gasteiger partial charge in [-0.2, -0.15) is 0 Å². The van der Waals surface area contributed by atoms with Crippen molar-refractivity contribution in [2.75, 3.05) is 10.6 Å². The lowest BCUT2D eigenvalue weighted by Crippen LogP contribution is -2.34. The van der Waals surface area contributed by atoms with Gasteiger partial charge < -0.3 is 15.4 Å².